The molecule has 0 aromatic carbocycles. The van der Waals surface area contributed by atoms with Gasteiger partial charge >= 0.3 is 0 Å². The molecule has 0 rings (SSSR count). The van der Waals surface area contributed by atoms with Gasteiger partial charge in [0.15, 0.2) is 17.4 Å². The highest BCUT2D eigenvalue weighted by atomic mass is 28.1. The summed E-state index contributed by atoms with van der Waals surface area (Å²) in [4.78, 5) is 0. The van der Waals surface area contributed by atoms with Crippen LogP contribution in [0.25, 0.3) is 0 Å². The van der Waals surface area contributed by atoms with E-state index in [1.165, 1.54) is 0 Å². The normalized spacial score (nSPS) is 0. The van der Waals surface area contributed by atoms with Gasteiger partial charge < -0.3 is 0 Å². The van der Waals surface area contributed by atoms with E-state index < -0.39 is 0 Å². The first-order chi connectivity index (χ1) is 0. The maximum Gasteiger partial charge on any atom is 0.187 e. The summed E-state index contributed by atoms with van der Waals surface area (Å²) in [6.07, 6.45) is 0. The lowest BCUT2D eigenvalue weighted by atomic mass is 10.8. The molecule has 0 fully saturated rings. The predicted octanol–water partition coefficient (Wildman–Crippen LogP) is -4.47. The van der Waals surface area contributed by atoms with E-state index >= 15 is 0 Å². The summed E-state index contributed by atoms with van der Waals surface area (Å²) in [6.45, 7) is 0. The van der Waals surface area contributed by atoms with Gasteiger partial charge in [-0.1, -0.05) is 0 Å². The molecule has 0 nitrogen and oxygen atoms in total. The van der Waals surface area contributed by atoms with Crippen molar-refractivity contribution in [2.45, 2.75) is 0 Å². The SMILES string of the molecule is [AlH3].[B].[SiH4].[SiH4]. The Morgan fingerprint density at radius 2 is 0.750 bits per heavy atom. The zero-order valence-corrected chi connectivity index (χ0v) is 0.577. The molecule has 0 unspecified atom stereocenters. The van der Waals surface area contributed by atoms with Crippen molar-refractivity contribution in [3.05, 3.63) is 0 Å². The highest BCUT2D eigenvalue weighted by Crippen LogP contribution is -0.378. The maximum atomic E-state index is 0. The Morgan fingerprint density at radius 1 is 0.750 bits per heavy atom. The fourth-order valence-electron chi connectivity index (χ4n) is 0. The molecule has 0 amide bonds. The minimum atomic E-state index is 0. The third-order valence-corrected chi connectivity index (χ3v) is 0. The third kappa shape index (κ3) is 11.8. The highest BCUT2D eigenvalue weighted by molar-refractivity contribution is 5.76. The van der Waals surface area contributed by atoms with Gasteiger partial charge in [-0.3, -0.25) is 0 Å². The van der Waals surface area contributed by atoms with Gasteiger partial charge in [0.25, 0.3) is 0 Å². The molecule has 0 saturated heterocycles. The van der Waals surface area contributed by atoms with Crippen LogP contribution in [-0.2, 0) is 0 Å². The van der Waals surface area contributed by atoms with Crippen LogP contribution < -0.4 is 0 Å². The molecule has 0 N–H and O–H groups in total. The summed E-state index contributed by atoms with van der Waals surface area (Å²) in [5.41, 5.74) is 0. The van der Waals surface area contributed by atoms with E-state index in [1.807, 2.05) is 0 Å². The lowest BCUT2D eigenvalue weighted by molar-refractivity contribution is 5.75. The van der Waals surface area contributed by atoms with Crippen LogP contribution in [0.2, 0.25) is 0 Å². The molecule has 0 atom stereocenters. The zero-order chi connectivity index (χ0) is 0. The standard InChI is InChI=1S/Al.B.2H4Si.3H/h;;2*1H4;;;. The van der Waals surface area contributed by atoms with Crippen molar-refractivity contribution in [2.75, 3.05) is 0 Å². The van der Waals surface area contributed by atoms with Gasteiger partial charge in [-0.05, 0) is 21.9 Å². The van der Waals surface area contributed by atoms with Crippen LogP contribution in [0.3, 0.4) is 0 Å². The van der Waals surface area contributed by atoms with Gasteiger partial charge in [0.2, 0.25) is 0 Å². The summed E-state index contributed by atoms with van der Waals surface area (Å²) < 4.78 is 0. The zero-order valence-electron chi connectivity index (χ0n) is 0.577. The van der Waals surface area contributed by atoms with Gasteiger partial charge in [0, 0.05) is 8.41 Å². The van der Waals surface area contributed by atoms with Crippen LogP contribution >= 0.6 is 0 Å². The molecule has 0 aliphatic rings. The molecule has 0 aliphatic heterocycles. The van der Waals surface area contributed by atoms with Crippen molar-refractivity contribution in [3.8, 4) is 0 Å². The number of hydrogen-bond acceptors (Lipinski definition) is 0. The molecule has 0 saturated carbocycles. The second kappa shape index (κ2) is 34.8. The van der Waals surface area contributed by atoms with E-state index in [0.29, 0.717) is 0 Å². The minimum Gasteiger partial charge on any atom is -0.0149 e. The average Bonchev–Trinajstić information content (AvgIpc) is 0. The molecule has 0 aromatic heterocycles. The monoisotopic (exact) mass is 105 g/mol. The van der Waals surface area contributed by atoms with Crippen molar-refractivity contribution in [1.29, 1.82) is 0 Å². The van der Waals surface area contributed by atoms with Gasteiger partial charge in [0.05, 0.1) is 0 Å². The van der Waals surface area contributed by atoms with Crippen LogP contribution in [0.15, 0.2) is 0 Å². The first-order valence-corrected chi connectivity index (χ1v) is 0. The average molecular weight is 105 g/mol. The molecule has 0 aliphatic carbocycles. The van der Waals surface area contributed by atoms with E-state index in [-0.39, 0.29) is 47.7 Å². The van der Waals surface area contributed by atoms with Crippen molar-refractivity contribution >= 4 is 47.7 Å². The Balaban J connectivity index is 0. The first-order valence-electron chi connectivity index (χ1n) is 0. The lowest BCUT2D eigenvalue weighted by Gasteiger charge is -0.0159. The fraction of sp³-hybridized carbons (Fsp3) is 0. The molecule has 0 heterocycles. The molecular weight excluding hydrogens is 94.0 g/mol. The summed E-state index contributed by atoms with van der Waals surface area (Å²) in [5.74, 6) is 0. The summed E-state index contributed by atoms with van der Waals surface area (Å²) in [7, 11) is 0. The molecule has 3 radical (unpaired) electrons. The Labute approximate surface area is 48.1 Å². The van der Waals surface area contributed by atoms with Crippen molar-refractivity contribution in [3.63, 3.8) is 0 Å². The van der Waals surface area contributed by atoms with Crippen molar-refractivity contribution in [2.24, 2.45) is 0 Å². The second-order valence-corrected chi connectivity index (χ2v) is 0. The Morgan fingerprint density at radius 3 is 0.750 bits per heavy atom. The van der Waals surface area contributed by atoms with Crippen LogP contribution in [0.1, 0.15) is 0 Å². The predicted molar refractivity (Wildman–Crippen MR) is 38.4 cm³/mol. The van der Waals surface area contributed by atoms with Gasteiger partial charge in [-0.15, -0.1) is 0 Å². The number of hydrogen-bond donors (Lipinski definition) is 0. The van der Waals surface area contributed by atoms with E-state index in [2.05, 4.69) is 0 Å². The van der Waals surface area contributed by atoms with Crippen LogP contribution in [0.4, 0.5) is 0 Å². The molecule has 25 valence electrons. The van der Waals surface area contributed by atoms with E-state index in [4.69, 9.17) is 0 Å². The Hall–Kier alpha value is 1.03. The van der Waals surface area contributed by atoms with Gasteiger partial charge in [-0.25, -0.2) is 0 Å². The van der Waals surface area contributed by atoms with Crippen LogP contribution in [0, 0.1) is 0 Å². The lowest BCUT2D eigenvalue weighted by Crippen LogP contribution is -0.382. The highest BCUT2D eigenvalue weighted by Gasteiger charge is 0.187. The first kappa shape index (κ1) is 76.9. The van der Waals surface area contributed by atoms with Crippen molar-refractivity contribution in [1.82, 2.24) is 0 Å². The quantitative estimate of drug-likeness (QED) is 0.272. The Kier molecular flexibility index (Phi) is 670. The molecule has 0 bridgehead atoms. The molecule has 0 aromatic rings. The molecular formula is H11AlBSi2. The fourth-order valence-corrected chi connectivity index (χ4v) is 0. The summed E-state index contributed by atoms with van der Waals surface area (Å²) >= 11 is 0. The number of rotatable bonds is 0. The largest absolute Gasteiger partial charge is 0.187 e. The van der Waals surface area contributed by atoms with Crippen LogP contribution in [0.5, 0.6) is 0 Å². The maximum absolute atomic E-state index is 0. The molecule has 0 spiro atoms. The summed E-state index contributed by atoms with van der Waals surface area (Å²) in [6, 6.07) is 0. The second-order valence-electron chi connectivity index (χ2n) is 0. The van der Waals surface area contributed by atoms with Gasteiger partial charge in [0.1, 0.15) is 0 Å². The van der Waals surface area contributed by atoms with Crippen molar-refractivity contribution < 1.29 is 0 Å². The molecule has 4 heavy (non-hydrogen) atoms. The van der Waals surface area contributed by atoms with Gasteiger partial charge in [-0.2, -0.15) is 0 Å². The third-order valence-electron chi connectivity index (χ3n) is 0. The topological polar surface area (TPSA) is 0 Å². The van der Waals surface area contributed by atoms with Crippen LogP contribution in [-0.4, -0.2) is 47.7 Å². The van der Waals surface area contributed by atoms with E-state index in [1.54, 1.807) is 0 Å². The smallest absolute Gasteiger partial charge is 0.0149 e. The molecule has 4 heteroatoms. The minimum absolute atomic E-state index is 0. The summed E-state index contributed by atoms with van der Waals surface area (Å²) in [5, 5.41) is 0. The Bertz CT molecular complexity index is 6.00. The van der Waals surface area contributed by atoms with E-state index in [0.717, 1.165) is 0 Å². The van der Waals surface area contributed by atoms with E-state index in [9.17, 15) is 0 Å².